The van der Waals surface area contributed by atoms with Crippen LogP contribution in [0.15, 0.2) is 34.0 Å². The van der Waals surface area contributed by atoms with E-state index in [2.05, 4.69) is 10.3 Å². The molecule has 0 aliphatic heterocycles. The van der Waals surface area contributed by atoms with Crippen LogP contribution in [0.25, 0.3) is 0 Å². The van der Waals surface area contributed by atoms with Gasteiger partial charge in [-0.25, -0.2) is 4.98 Å². The highest BCUT2D eigenvalue weighted by Gasteiger charge is 2.16. The van der Waals surface area contributed by atoms with E-state index in [4.69, 9.17) is 4.74 Å². The molecule has 0 saturated heterocycles. The smallest absolute Gasteiger partial charge is 0.237 e. The fraction of sp³-hybridized carbons (Fsp3) is 0.286. The molecular formula is C14H16N2O2S2. The normalized spacial score (nSPS) is 11.9. The van der Waals surface area contributed by atoms with E-state index in [9.17, 15) is 4.79 Å². The molecular weight excluding hydrogens is 292 g/mol. The van der Waals surface area contributed by atoms with Gasteiger partial charge in [-0.15, -0.1) is 11.3 Å². The van der Waals surface area contributed by atoms with Crippen molar-refractivity contribution in [2.24, 2.45) is 0 Å². The van der Waals surface area contributed by atoms with E-state index in [1.54, 1.807) is 18.4 Å². The Kier molecular flexibility index (Phi) is 5.03. The third-order valence-electron chi connectivity index (χ3n) is 2.60. The van der Waals surface area contributed by atoms with Crippen LogP contribution in [-0.4, -0.2) is 23.3 Å². The second kappa shape index (κ2) is 6.76. The van der Waals surface area contributed by atoms with E-state index in [0.717, 1.165) is 21.5 Å². The number of thiazole rings is 1. The van der Waals surface area contributed by atoms with Crippen LogP contribution < -0.4 is 10.1 Å². The molecule has 1 aromatic heterocycles. The first kappa shape index (κ1) is 14.9. The highest BCUT2D eigenvalue weighted by atomic mass is 32.2. The van der Waals surface area contributed by atoms with Gasteiger partial charge >= 0.3 is 0 Å². The molecule has 4 nitrogen and oxygen atoms in total. The zero-order valence-corrected chi connectivity index (χ0v) is 13.2. The number of thioether (sulfide) groups is 1. The van der Waals surface area contributed by atoms with E-state index in [1.807, 2.05) is 43.5 Å². The zero-order valence-electron chi connectivity index (χ0n) is 11.5. The van der Waals surface area contributed by atoms with Crippen LogP contribution in [0.1, 0.15) is 12.6 Å². The lowest BCUT2D eigenvalue weighted by molar-refractivity contribution is -0.115. The van der Waals surface area contributed by atoms with Crippen LogP contribution in [-0.2, 0) is 4.79 Å². The molecule has 0 fully saturated rings. The van der Waals surface area contributed by atoms with Crippen molar-refractivity contribution in [2.45, 2.75) is 23.4 Å². The third kappa shape index (κ3) is 3.98. The summed E-state index contributed by atoms with van der Waals surface area (Å²) in [6.07, 6.45) is 0. The first-order valence-corrected chi connectivity index (χ1v) is 7.88. The van der Waals surface area contributed by atoms with E-state index < -0.39 is 0 Å². The summed E-state index contributed by atoms with van der Waals surface area (Å²) >= 11 is 3.03. The molecule has 0 saturated carbocycles. The first-order chi connectivity index (χ1) is 9.58. The summed E-state index contributed by atoms with van der Waals surface area (Å²) in [4.78, 5) is 16.4. The number of anilines is 1. The standard InChI is InChI=1S/C14H16N2O2S2/c1-9-8-19-14(15-9)20-10(2)13(17)16-11-4-6-12(18-3)7-5-11/h4-8,10H,1-3H3,(H,16,17)/t10-/m0/s1. The second-order valence-electron chi connectivity index (χ2n) is 4.23. The van der Waals surface area contributed by atoms with Crippen molar-refractivity contribution in [3.8, 4) is 5.75 Å². The third-order valence-corrected chi connectivity index (χ3v) is 4.79. The summed E-state index contributed by atoms with van der Waals surface area (Å²) in [7, 11) is 1.61. The molecule has 1 N–H and O–H groups in total. The predicted octanol–water partition coefficient (Wildman–Crippen LogP) is 3.58. The molecule has 0 aliphatic rings. The van der Waals surface area contributed by atoms with Gasteiger partial charge in [0.2, 0.25) is 5.91 Å². The predicted molar refractivity (Wildman–Crippen MR) is 83.8 cm³/mol. The molecule has 2 rings (SSSR count). The van der Waals surface area contributed by atoms with Crippen molar-refractivity contribution in [3.63, 3.8) is 0 Å². The lowest BCUT2D eigenvalue weighted by Crippen LogP contribution is -2.22. The summed E-state index contributed by atoms with van der Waals surface area (Å²) in [5, 5.41) is 4.67. The molecule has 20 heavy (non-hydrogen) atoms. The van der Waals surface area contributed by atoms with Crippen LogP contribution in [0.5, 0.6) is 5.75 Å². The maximum absolute atomic E-state index is 12.1. The maximum atomic E-state index is 12.1. The molecule has 0 unspecified atom stereocenters. The van der Waals surface area contributed by atoms with E-state index in [-0.39, 0.29) is 11.2 Å². The van der Waals surface area contributed by atoms with Gasteiger partial charge in [-0.05, 0) is 38.1 Å². The minimum absolute atomic E-state index is 0.0342. The topological polar surface area (TPSA) is 51.2 Å². The van der Waals surface area contributed by atoms with Crippen molar-refractivity contribution < 1.29 is 9.53 Å². The summed E-state index contributed by atoms with van der Waals surface area (Å²) in [5.74, 6) is 0.733. The van der Waals surface area contributed by atoms with Crippen molar-refractivity contribution in [1.29, 1.82) is 0 Å². The molecule has 0 radical (unpaired) electrons. The number of carbonyl (C=O) groups excluding carboxylic acids is 1. The molecule has 1 amide bonds. The van der Waals surface area contributed by atoms with Gasteiger partial charge in [0.1, 0.15) is 5.75 Å². The summed E-state index contributed by atoms with van der Waals surface area (Å²) in [6.45, 7) is 3.82. The number of aryl methyl sites for hydroxylation is 1. The van der Waals surface area contributed by atoms with E-state index >= 15 is 0 Å². The van der Waals surface area contributed by atoms with E-state index in [0.29, 0.717) is 0 Å². The van der Waals surface area contributed by atoms with Gasteiger partial charge in [0, 0.05) is 16.8 Å². The zero-order chi connectivity index (χ0) is 14.5. The minimum Gasteiger partial charge on any atom is -0.497 e. The van der Waals surface area contributed by atoms with Crippen LogP contribution in [0.3, 0.4) is 0 Å². The van der Waals surface area contributed by atoms with Crippen molar-refractivity contribution >= 4 is 34.7 Å². The Morgan fingerprint density at radius 2 is 2.10 bits per heavy atom. The van der Waals surface area contributed by atoms with Crippen LogP contribution >= 0.6 is 23.1 Å². The number of ether oxygens (including phenoxy) is 1. The first-order valence-electron chi connectivity index (χ1n) is 6.12. The Labute approximate surface area is 126 Å². The fourth-order valence-electron chi connectivity index (χ4n) is 1.51. The highest BCUT2D eigenvalue weighted by molar-refractivity contribution is 8.02. The monoisotopic (exact) mass is 308 g/mol. The summed E-state index contributed by atoms with van der Waals surface area (Å²) in [5.41, 5.74) is 1.75. The number of rotatable bonds is 5. The fourth-order valence-corrected chi connectivity index (χ4v) is 3.49. The molecule has 0 spiro atoms. The second-order valence-corrected chi connectivity index (χ2v) is 6.68. The van der Waals surface area contributed by atoms with Crippen molar-refractivity contribution in [2.75, 3.05) is 12.4 Å². The number of hydrogen-bond donors (Lipinski definition) is 1. The van der Waals surface area contributed by atoms with E-state index in [1.165, 1.54) is 11.8 Å². The van der Waals surface area contributed by atoms with Crippen LogP contribution in [0.2, 0.25) is 0 Å². The lowest BCUT2D eigenvalue weighted by Gasteiger charge is -2.10. The Morgan fingerprint density at radius 1 is 1.40 bits per heavy atom. The number of benzene rings is 1. The average molecular weight is 308 g/mol. The Morgan fingerprint density at radius 3 is 2.65 bits per heavy atom. The lowest BCUT2D eigenvalue weighted by atomic mass is 10.3. The van der Waals surface area contributed by atoms with Gasteiger partial charge in [0.05, 0.1) is 12.4 Å². The number of hydrogen-bond acceptors (Lipinski definition) is 5. The molecule has 0 aliphatic carbocycles. The van der Waals surface area contributed by atoms with Gasteiger partial charge in [0.15, 0.2) is 4.34 Å². The molecule has 1 heterocycles. The number of amides is 1. The maximum Gasteiger partial charge on any atom is 0.237 e. The largest absolute Gasteiger partial charge is 0.497 e. The Bertz CT molecular complexity index is 581. The number of carbonyl (C=O) groups is 1. The van der Waals surface area contributed by atoms with Gasteiger partial charge in [-0.1, -0.05) is 11.8 Å². The minimum atomic E-state index is -0.192. The molecule has 1 atom stereocenters. The number of nitrogens with one attached hydrogen (secondary N) is 1. The molecule has 0 bridgehead atoms. The Hall–Kier alpha value is -1.53. The number of methoxy groups -OCH3 is 1. The molecule has 1 aromatic carbocycles. The van der Waals surface area contributed by atoms with Crippen molar-refractivity contribution in [1.82, 2.24) is 4.98 Å². The van der Waals surface area contributed by atoms with Gasteiger partial charge in [-0.2, -0.15) is 0 Å². The Balaban J connectivity index is 1.93. The van der Waals surface area contributed by atoms with Gasteiger partial charge < -0.3 is 10.1 Å². The molecule has 2 aromatic rings. The van der Waals surface area contributed by atoms with Gasteiger partial charge in [-0.3, -0.25) is 4.79 Å². The summed E-state index contributed by atoms with van der Waals surface area (Å²) < 4.78 is 6.00. The highest BCUT2D eigenvalue weighted by Crippen LogP contribution is 2.27. The number of aromatic nitrogens is 1. The van der Waals surface area contributed by atoms with Gasteiger partial charge in [0.25, 0.3) is 0 Å². The van der Waals surface area contributed by atoms with Crippen LogP contribution in [0, 0.1) is 6.92 Å². The molecule has 6 heteroatoms. The van der Waals surface area contributed by atoms with Crippen molar-refractivity contribution in [3.05, 3.63) is 35.3 Å². The summed E-state index contributed by atoms with van der Waals surface area (Å²) in [6, 6.07) is 7.28. The van der Waals surface area contributed by atoms with Crippen LogP contribution in [0.4, 0.5) is 5.69 Å². The molecule has 106 valence electrons. The number of nitrogens with zero attached hydrogens (tertiary/aromatic N) is 1. The average Bonchev–Trinajstić information content (AvgIpc) is 2.85. The SMILES string of the molecule is COc1ccc(NC(=O)[C@H](C)Sc2nc(C)cs2)cc1. The quantitative estimate of drug-likeness (QED) is 0.858.